The largest absolute Gasteiger partial charge is 0.507 e. The third-order valence-electron chi connectivity index (χ3n) is 6.68. The molecule has 2 aromatic rings. The quantitative estimate of drug-likeness (QED) is 0.325. The van der Waals surface area contributed by atoms with Crippen molar-refractivity contribution in [2.75, 3.05) is 36.8 Å². The molecule has 3 aliphatic rings. The third-order valence-corrected chi connectivity index (χ3v) is 6.68. The van der Waals surface area contributed by atoms with Gasteiger partial charge in [-0.1, -0.05) is 0 Å². The van der Waals surface area contributed by atoms with Crippen molar-refractivity contribution in [3.8, 4) is 11.5 Å². The van der Waals surface area contributed by atoms with Gasteiger partial charge in [-0.2, -0.15) is 0 Å². The molecule has 2 heterocycles. The fraction of sp³-hybridized carbons (Fsp3) is 0.417. The number of phenols is 2. The second-order valence-electron chi connectivity index (χ2n) is 8.77. The Bertz CT molecular complexity index is 987. The Labute approximate surface area is 186 Å². The van der Waals surface area contributed by atoms with Crippen molar-refractivity contribution in [2.24, 2.45) is 0 Å². The Morgan fingerprint density at radius 1 is 0.719 bits per heavy atom. The van der Waals surface area contributed by atoms with Crippen LogP contribution in [0.2, 0.25) is 0 Å². The molecular weight excluding hydrogens is 408 g/mol. The lowest BCUT2D eigenvalue weighted by molar-refractivity contribution is 0.0975. The number of benzene rings is 2. The fourth-order valence-corrected chi connectivity index (χ4v) is 4.99. The molecule has 6 N–H and O–H groups in total. The molecule has 8 heteroatoms. The summed E-state index contributed by atoms with van der Waals surface area (Å²) >= 11 is 0. The Kier molecular flexibility index (Phi) is 5.48. The number of carbonyl (C=O) groups excluding carboxylic acids is 2. The standard InChI is InChI=1S/C24H28N4O4/c29-17-7-5-15(27-11-13-3-1-9-25-13)19-21(17)24(32)20-16(28-12-14-4-2-10-26-14)6-8-18(30)22(20)23(19)31/h5-8,13-14,25-30H,1-4,9-12H2. The van der Waals surface area contributed by atoms with Crippen molar-refractivity contribution in [1.29, 1.82) is 0 Å². The molecule has 2 saturated heterocycles. The number of aromatic hydroxyl groups is 2. The van der Waals surface area contributed by atoms with Crippen LogP contribution in [0, 0.1) is 0 Å². The summed E-state index contributed by atoms with van der Waals surface area (Å²) in [5, 5.41) is 34.4. The number of rotatable bonds is 6. The van der Waals surface area contributed by atoms with Crippen LogP contribution in [0.4, 0.5) is 11.4 Å². The Balaban J connectivity index is 1.51. The van der Waals surface area contributed by atoms with Crippen molar-refractivity contribution in [2.45, 2.75) is 37.8 Å². The highest BCUT2D eigenvalue weighted by Crippen LogP contribution is 2.42. The zero-order valence-electron chi connectivity index (χ0n) is 17.8. The van der Waals surface area contributed by atoms with Crippen molar-refractivity contribution in [1.82, 2.24) is 10.6 Å². The monoisotopic (exact) mass is 436 g/mol. The summed E-state index contributed by atoms with van der Waals surface area (Å²) in [7, 11) is 0. The molecule has 8 nitrogen and oxygen atoms in total. The number of carbonyl (C=O) groups is 2. The van der Waals surface area contributed by atoms with E-state index in [-0.39, 0.29) is 45.8 Å². The van der Waals surface area contributed by atoms with E-state index in [1.54, 1.807) is 12.1 Å². The lowest BCUT2D eigenvalue weighted by Gasteiger charge is -2.25. The Morgan fingerprint density at radius 3 is 1.53 bits per heavy atom. The van der Waals surface area contributed by atoms with Gasteiger partial charge in [-0.15, -0.1) is 0 Å². The first-order chi connectivity index (χ1) is 15.5. The van der Waals surface area contributed by atoms with E-state index in [2.05, 4.69) is 21.3 Å². The van der Waals surface area contributed by atoms with Crippen LogP contribution in [0.5, 0.6) is 11.5 Å². The van der Waals surface area contributed by atoms with E-state index in [0.717, 1.165) is 38.8 Å². The average Bonchev–Trinajstić information content (AvgIpc) is 3.49. The second kappa shape index (κ2) is 8.44. The molecule has 2 fully saturated rings. The molecule has 5 rings (SSSR count). The highest BCUT2D eigenvalue weighted by molar-refractivity contribution is 6.33. The van der Waals surface area contributed by atoms with Gasteiger partial charge in [0.1, 0.15) is 11.5 Å². The number of anilines is 2. The van der Waals surface area contributed by atoms with E-state index in [0.29, 0.717) is 24.5 Å². The molecule has 2 aromatic carbocycles. The van der Waals surface area contributed by atoms with Crippen molar-refractivity contribution in [3.05, 3.63) is 46.5 Å². The molecule has 2 atom stereocenters. The lowest BCUT2D eigenvalue weighted by atomic mass is 9.81. The molecule has 168 valence electrons. The van der Waals surface area contributed by atoms with Gasteiger partial charge in [0, 0.05) is 36.5 Å². The van der Waals surface area contributed by atoms with Gasteiger partial charge in [-0.3, -0.25) is 9.59 Å². The van der Waals surface area contributed by atoms with Crippen LogP contribution in [0.1, 0.15) is 57.5 Å². The van der Waals surface area contributed by atoms with Crippen LogP contribution < -0.4 is 21.3 Å². The highest BCUT2D eigenvalue weighted by Gasteiger charge is 2.38. The number of nitrogens with one attached hydrogen (secondary N) is 4. The number of phenolic OH excluding ortho intramolecular Hbond substituents is 2. The minimum atomic E-state index is -0.465. The molecular formula is C24H28N4O4. The van der Waals surface area contributed by atoms with Crippen LogP contribution in [-0.4, -0.2) is 60.0 Å². The summed E-state index contributed by atoms with van der Waals surface area (Å²) in [4.78, 5) is 27.1. The van der Waals surface area contributed by atoms with Crippen LogP contribution >= 0.6 is 0 Å². The summed E-state index contributed by atoms with van der Waals surface area (Å²) in [6, 6.07) is 6.69. The second-order valence-corrected chi connectivity index (χ2v) is 8.77. The van der Waals surface area contributed by atoms with Gasteiger partial charge in [-0.05, 0) is 63.0 Å². The van der Waals surface area contributed by atoms with Gasteiger partial charge in [0.05, 0.1) is 22.3 Å². The van der Waals surface area contributed by atoms with E-state index in [4.69, 9.17) is 0 Å². The number of hydrogen-bond acceptors (Lipinski definition) is 8. The van der Waals surface area contributed by atoms with Gasteiger partial charge in [0.15, 0.2) is 0 Å². The molecule has 2 unspecified atom stereocenters. The predicted molar refractivity (Wildman–Crippen MR) is 122 cm³/mol. The van der Waals surface area contributed by atoms with Gasteiger partial charge in [0.25, 0.3) is 0 Å². The molecule has 2 aliphatic heterocycles. The summed E-state index contributed by atoms with van der Waals surface area (Å²) in [6.07, 6.45) is 4.28. The first-order valence-corrected chi connectivity index (χ1v) is 11.3. The highest BCUT2D eigenvalue weighted by atomic mass is 16.3. The third kappa shape index (κ3) is 3.59. The Morgan fingerprint density at radius 2 is 1.16 bits per heavy atom. The number of hydrogen-bond donors (Lipinski definition) is 6. The van der Waals surface area contributed by atoms with Crippen LogP contribution in [0.25, 0.3) is 0 Å². The minimum absolute atomic E-state index is 0.0143. The van der Waals surface area contributed by atoms with E-state index in [1.807, 2.05) is 0 Å². The Hall–Kier alpha value is -3.10. The van der Waals surface area contributed by atoms with Gasteiger partial charge >= 0.3 is 0 Å². The molecule has 0 bridgehead atoms. The van der Waals surface area contributed by atoms with Gasteiger partial charge in [0.2, 0.25) is 11.6 Å². The summed E-state index contributed by atoms with van der Waals surface area (Å²) in [5.41, 5.74) is 1.18. The molecule has 0 saturated carbocycles. The topological polar surface area (TPSA) is 123 Å². The minimum Gasteiger partial charge on any atom is -0.507 e. The van der Waals surface area contributed by atoms with Crippen molar-refractivity contribution in [3.63, 3.8) is 0 Å². The van der Waals surface area contributed by atoms with Crippen LogP contribution in [-0.2, 0) is 0 Å². The number of ketones is 2. The summed E-state index contributed by atoms with van der Waals surface area (Å²) < 4.78 is 0. The van der Waals surface area contributed by atoms with E-state index >= 15 is 0 Å². The molecule has 0 aromatic heterocycles. The van der Waals surface area contributed by atoms with E-state index in [1.165, 1.54) is 12.1 Å². The van der Waals surface area contributed by atoms with Crippen molar-refractivity contribution >= 4 is 22.9 Å². The molecule has 1 aliphatic carbocycles. The zero-order valence-corrected chi connectivity index (χ0v) is 17.8. The summed E-state index contributed by atoms with van der Waals surface area (Å²) in [6.45, 7) is 3.14. The summed E-state index contributed by atoms with van der Waals surface area (Å²) in [5.74, 6) is -1.40. The molecule has 32 heavy (non-hydrogen) atoms. The average molecular weight is 437 g/mol. The van der Waals surface area contributed by atoms with Gasteiger partial charge in [-0.25, -0.2) is 0 Å². The maximum absolute atomic E-state index is 13.5. The van der Waals surface area contributed by atoms with Gasteiger partial charge < -0.3 is 31.5 Å². The fourth-order valence-electron chi connectivity index (χ4n) is 4.99. The van der Waals surface area contributed by atoms with E-state index < -0.39 is 11.6 Å². The maximum atomic E-state index is 13.5. The predicted octanol–water partition coefficient (Wildman–Crippen LogP) is 2.20. The normalized spacial score (nSPS) is 22.0. The molecule has 0 amide bonds. The SMILES string of the molecule is O=C1c2c(O)ccc(NCC3CCCN3)c2C(=O)c2c(O)ccc(NCC3CCCN3)c21. The van der Waals surface area contributed by atoms with Crippen molar-refractivity contribution < 1.29 is 19.8 Å². The van der Waals surface area contributed by atoms with Crippen LogP contribution in [0.15, 0.2) is 24.3 Å². The zero-order chi connectivity index (χ0) is 22.2. The smallest absolute Gasteiger partial charge is 0.200 e. The molecule has 0 radical (unpaired) electrons. The number of fused-ring (bicyclic) bond motifs is 2. The first kappa shape index (κ1) is 20.8. The van der Waals surface area contributed by atoms with Crippen LogP contribution in [0.3, 0.4) is 0 Å². The first-order valence-electron chi connectivity index (χ1n) is 11.3. The lowest BCUT2D eigenvalue weighted by Crippen LogP contribution is -2.31. The maximum Gasteiger partial charge on any atom is 0.200 e. The van der Waals surface area contributed by atoms with E-state index in [9.17, 15) is 19.8 Å². The molecule has 0 spiro atoms.